The Labute approximate surface area is 73.3 Å². The second-order valence-electron chi connectivity index (χ2n) is 3.66. The molecule has 70 valence electrons. The van der Waals surface area contributed by atoms with Gasteiger partial charge in [-0.2, -0.15) is 0 Å². The van der Waals surface area contributed by atoms with Gasteiger partial charge in [0.1, 0.15) is 0 Å². The zero-order valence-electron chi connectivity index (χ0n) is 7.97. The molecule has 0 aromatic heterocycles. The molecule has 0 saturated heterocycles. The van der Waals surface area contributed by atoms with E-state index in [2.05, 4.69) is 10.3 Å². The van der Waals surface area contributed by atoms with Crippen LogP contribution >= 0.6 is 0 Å². The van der Waals surface area contributed by atoms with E-state index in [1.54, 1.807) is 6.92 Å². The van der Waals surface area contributed by atoms with Gasteiger partial charge in [-0.15, -0.1) is 0 Å². The van der Waals surface area contributed by atoms with Crippen molar-refractivity contribution in [2.75, 3.05) is 6.54 Å². The Hall–Kier alpha value is -0.600. The highest BCUT2D eigenvalue weighted by atomic mass is 19.1. The van der Waals surface area contributed by atoms with E-state index >= 15 is 0 Å². The van der Waals surface area contributed by atoms with E-state index in [1.807, 2.05) is 13.8 Å². The second kappa shape index (κ2) is 3.87. The highest BCUT2D eigenvalue weighted by Gasteiger charge is 2.20. The number of alkyl halides is 1. The van der Waals surface area contributed by atoms with Crippen molar-refractivity contribution >= 4 is 5.84 Å². The fourth-order valence-electron chi connectivity index (χ4n) is 1.40. The molecule has 0 aliphatic carbocycles. The molecule has 12 heavy (non-hydrogen) atoms. The molecule has 3 unspecified atom stereocenters. The third-order valence-corrected chi connectivity index (χ3v) is 2.40. The molecular formula is C9H17FN2. The number of nitrogens with one attached hydrogen (secondary N) is 1. The van der Waals surface area contributed by atoms with Crippen molar-refractivity contribution in [2.45, 2.75) is 39.4 Å². The molecule has 3 heteroatoms. The van der Waals surface area contributed by atoms with E-state index in [-0.39, 0.29) is 5.92 Å². The van der Waals surface area contributed by atoms with Crippen LogP contribution in [0.15, 0.2) is 4.99 Å². The van der Waals surface area contributed by atoms with Crippen molar-refractivity contribution < 1.29 is 4.39 Å². The fourth-order valence-corrected chi connectivity index (χ4v) is 1.40. The largest absolute Gasteiger partial charge is 0.369 e. The SMILES string of the molecule is CC1=NCC(CC(C)C(C)F)N1. The van der Waals surface area contributed by atoms with Crippen LogP contribution in [0.2, 0.25) is 0 Å². The molecule has 0 aromatic rings. The van der Waals surface area contributed by atoms with E-state index in [0.29, 0.717) is 6.04 Å². The minimum absolute atomic E-state index is 0.128. The maximum atomic E-state index is 12.8. The zero-order chi connectivity index (χ0) is 9.14. The van der Waals surface area contributed by atoms with Gasteiger partial charge in [-0.05, 0) is 26.2 Å². The number of halogens is 1. The van der Waals surface area contributed by atoms with Gasteiger partial charge in [0.05, 0.1) is 18.6 Å². The molecule has 0 amide bonds. The van der Waals surface area contributed by atoms with Crippen molar-refractivity contribution in [3.05, 3.63) is 0 Å². The van der Waals surface area contributed by atoms with Crippen LogP contribution in [0.25, 0.3) is 0 Å². The monoisotopic (exact) mass is 172 g/mol. The van der Waals surface area contributed by atoms with Gasteiger partial charge in [-0.25, -0.2) is 4.39 Å². The lowest BCUT2D eigenvalue weighted by atomic mass is 9.98. The molecule has 0 radical (unpaired) electrons. The van der Waals surface area contributed by atoms with Crippen molar-refractivity contribution in [3.8, 4) is 0 Å². The summed E-state index contributed by atoms with van der Waals surface area (Å²) in [6, 6.07) is 0.359. The van der Waals surface area contributed by atoms with Gasteiger partial charge in [-0.3, -0.25) is 4.99 Å². The minimum Gasteiger partial charge on any atom is -0.369 e. The molecule has 2 nitrogen and oxygen atoms in total. The van der Waals surface area contributed by atoms with E-state index in [0.717, 1.165) is 18.8 Å². The Kier molecular flexibility index (Phi) is 3.06. The van der Waals surface area contributed by atoms with Crippen LogP contribution in [-0.4, -0.2) is 24.6 Å². The van der Waals surface area contributed by atoms with Gasteiger partial charge in [0.15, 0.2) is 0 Å². The third-order valence-electron chi connectivity index (χ3n) is 2.40. The molecule has 3 atom stereocenters. The summed E-state index contributed by atoms with van der Waals surface area (Å²) in [6.07, 6.45) is 0.158. The summed E-state index contributed by atoms with van der Waals surface area (Å²) < 4.78 is 12.8. The molecular weight excluding hydrogens is 155 g/mol. The molecule has 1 N–H and O–H groups in total. The first kappa shape index (κ1) is 9.49. The molecule has 0 bridgehead atoms. The normalized spacial score (nSPS) is 27.7. The minimum atomic E-state index is -0.715. The first-order valence-corrected chi connectivity index (χ1v) is 4.51. The first-order chi connectivity index (χ1) is 5.59. The summed E-state index contributed by atoms with van der Waals surface area (Å²) in [5.74, 6) is 1.11. The lowest BCUT2D eigenvalue weighted by molar-refractivity contribution is 0.241. The van der Waals surface area contributed by atoms with Gasteiger partial charge >= 0.3 is 0 Å². The Balaban J connectivity index is 2.25. The highest BCUT2D eigenvalue weighted by Crippen LogP contribution is 2.15. The van der Waals surface area contributed by atoms with Gasteiger partial charge < -0.3 is 5.32 Å². The summed E-state index contributed by atoms with van der Waals surface area (Å²) in [6.45, 7) is 6.32. The van der Waals surface area contributed by atoms with Crippen LogP contribution in [0.4, 0.5) is 4.39 Å². The summed E-state index contributed by atoms with van der Waals surface area (Å²) in [7, 11) is 0. The topological polar surface area (TPSA) is 24.4 Å². The van der Waals surface area contributed by atoms with Crippen LogP contribution in [0.5, 0.6) is 0 Å². The van der Waals surface area contributed by atoms with Crippen molar-refractivity contribution in [2.24, 2.45) is 10.9 Å². The van der Waals surface area contributed by atoms with Gasteiger partial charge in [0, 0.05) is 6.04 Å². The van der Waals surface area contributed by atoms with Crippen LogP contribution < -0.4 is 5.32 Å². The zero-order valence-corrected chi connectivity index (χ0v) is 7.97. The smallest absolute Gasteiger partial charge is 0.0999 e. The maximum absolute atomic E-state index is 12.8. The van der Waals surface area contributed by atoms with E-state index in [9.17, 15) is 4.39 Å². The average Bonchev–Trinajstić information content (AvgIpc) is 2.35. The van der Waals surface area contributed by atoms with Crippen molar-refractivity contribution in [3.63, 3.8) is 0 Å². The number of hydrogen-bond acceptors (Lipinski definition) is 2. The summed E-state index contributed by atoms with van der Waals surface area (Å²) in [4.78, 5) is 4.21. The lowest BCUT2D eigenvalue weighted by Crippen LogP contribution is -2.31. The molecule has 0 saturated carbocycles. The Bertz CT molecular complexity index is 177. The standard InChI is InChI=1S/C9H17FN2/c1-6(7(2)10)4-9-5-11-8(3)12-9/h6-7,9H,4-5H2,1-3H3,(H,11,12). The number of amidine groups is 1. The molecule has 0 aromatic carbocycles. The number of hydrogen-bond donors (Lipinski definition) is 1. The maximum Gasteiger partial charge on any atom is 0.0999 e. The fraction of sp³-hybridized carbons (Fsp3) is 0.889. The van der Waals surface area contributed by atoms with Crippen LogP contribution in [0.3, 0.4) is 0 Å². The predicted molar refractivity (Wildman–Crippen MR) is 49.3 cm³/mol. The van der Waals surface area contributed by atoms with Gasteiger partial charge in [0.2, 0.25) is 0 Å². The highest BCUT2D eigenvalue weighted by molar-refractivity contribution is 5.81. The van der Waals surface area contributed by atoms with E-state index < -0.39 is 6.17 Å². The lowest BCUT2D eigenvalue weighted by Gasteiger charge is -2.17. The molecule has 1 heterocycles. The number of nitrogens with zero attached hydrogens (tertiary/aromatic N) is 1. The Morgan fingerprint density at radius 1 is 1.67 bits per heavy atom. The van der Waals surface area contributed by atoms with Crippen molar-refractivity contribution in [1.82, 2.24) is 5.32 Å². The van der Waals surface area contributed by atoms with Crippen molar-refractivity contribution in [1.29, 1.82) is 0 Å². The first-order valence-electron chi connectivity index (χ1n) is 4.51. The summed E-state index contributed by atoms with van der Waals surface area (Å²) in [5.41, 5.74) is 0. The quantitative estimate of drug-likeness (QED) is 0.689. The molecule has 1 aliphatic rings. The summed E-state index contributed by atoms with van der Waals surface area (Å²) >= 11 is 0. The third kappa shape index (κ3) is 2.47. The van der Waals surface area contributed by atoms with E-state index in [4.69, 9.17) is 0 Å². The average molecular weight is 172 g/mol. The van der Waals surface area contributed by atoms with Crippen LogP contribution in [0, 0.1) is 5.92 Å². The Morgan fingerprint density at radius 3 is 2.75 bits per heavy atom. The number of rotatable bonds is 3. The Morgan fingerprint density at radius 2 is 2.33 bits per heavy atom. The second-order valence-corrected chi connectivity index (χ2v) is 3.66. The van der Waals surface area contributed by atoms with Crippen LogP contribution in [-0.2, 0) is 0 Å². The molecule has 1 rings (SSSR count). The van der Waals surface area contributed by atoms with Crippen LogP contribution in [0.1, 0.15) is 27.2 Å². The van der Waals surface area contributed by atoms with E-state index in [1.165, 1.54) is 0 Å². The molecule has 0 spiro atoms. The van der Waals surface area contributed by atoms with Gasteiger partial charge in [-0.1, -0.05) is 6.92 Å². The van der Waals surface area contributed by atoms with Gasteiger partial charge in [0.25, 0.3) is 0 Å². The molecule has 0 fully saturated rings. The summed E-state index contributed by atoms with van der Waals surface area (Å²) in [5, 5.41) is 3.22. The number of aliphatic imine (C=N–C) groups is 1. The predicted octanol–water partition coefficient (Wildman–Crippen LogP) is 1.76. The molecule has 1 aliphatic heterocycles.